The minimum Gasteiger partial charge on any atom is -0.309 e. The van der Waals surface area contributed by atoms with Crippen molar-refractivity contribution in [1.29, 1.82) is 0 Å². The Balaban J connectivity index is 1.11. The number of aromatic nitrogens is 4. The third-order valence-corrected chi connectivity index (χ3v) is 12.7. The molecule has 274 valence electrons. The number of para-hydroxylation sites is 1. The van der Waals surface area contributed by atoms with Crippen LogP contribution >= 0.6 is 0 Å². The van der Waals surface area contributed by atoms with Crippen molar-refractivity contribution in [3.05, 3.63) is 169 Å². The number of hydrogen-bond donors (Lipinski definition) is 0. The Morgan fingerprint density at radius 2 is 1.02 bits per heavy atom. The lowest BCUT2D eigenvalue weighted by molar-refractivity contribution is 0.332. The Hall–Kier alpha value is -6.65. The first-order valence-corrected chi connectivity index (χ1v) is 20.1. The van der Waals surface area contributed by atoms with Crippen molar-refractivity contribution < 1.29 is 0 Å². The van der Waals surface area contributed by atoms with Crippen LogP contribution < -0.4 is 0 Å². The number of nitrogens with zero attached hydrogens (tertiary/aromatic N) is 4. The van der Waals surface area contributed by atoms with E-state index < -0.39 is 0 Å². The summed E-state index contributed by atoms with van der Waals surface area (Å²) in [5.74, 6) is 1.97. The lowest BCUT2D eigenvalue weighted by Gasteiger charge is -2.42. The maximum Gasteiger partial charge on any atom is 0.164 e. The highest BCUT2D eigenvalue weighted by atomic mass is 15.0. The van der Waals surface area contributed by atoms with E-state index in [0.717, 1.165) is 38.5 Å². The molecule has 0 saturated carbocycles. The van der Waals surface area contributed by atoms with Gasteiger partial charge in [-0.15, -0.1) is 0 Å². The second kappa shape index (κ2) is 12.4. The molecule has 57 heavy (non-hydrogen) atoms. The minimum absolute atomic E-state index is 0.111. The summed E-state index contributed by atoms with van der Waals surface area (Å²) in [5.41, 5.74) is 9.72. The molecule has 1 aliphatic carbocycles. The Morgan fingerprint density at radius 3 is 1.81 bits per heavy atom. The van der Waals surface area contributed by atoms with Gasteiger partial charge in [-0.05, 0) is 110 Å². The number of rotatable bonds is 4. The second-order valence-corrected chi connectivity index (χ2v) is 17.1. The molecule has 0 radical (unpaired) electrons. The predicted octanol–water partition coefficient (Wildman–Crippen LogP) is 13.8. The minimum atomic E-state index is 0.111. The quantitative estimate of drug-likeness (QED) is 0.169. The molecule has 0 amide bonds. The van der Waals surface area contributed by atoms with E-state index in [1.165, 1.54) is 61.9 Å². The summed E-state index contributed by atoms with van der Waals surface area (Å²) in [4.78, 5) is 15.5. The van der Waals surface area contributed by atoms with Crippen molar-refractivity contribution in [3.8, 4) is 39.9 Å². The van der Waals surface area contributed by atoms with E-state index in [0.29, 0.717) is 17.5 Å². The van der Waals surface area contributed by atoms with Gasteiger partial charge in [0.05, 0.1) is 11.0 Å². The van der Waals surface area contributed by atoms with Gasteiger partial charge in [0, 0.05) is 33.2 Å². The van der Waals surface area contributed by atoms with Crippen LogP contribution in [0.2, 0.25) is 0 Å². The van der Waals surface area contributed by atoms with Crippen molar-refractivity contribution in [2.75, 3.05) is 0 Å². The number of hydrogen-bond acceptors (Lipinski definition) is 3. The third kappa shape index (κ3) is 5.38. The fraction of sp³-hybridized carbons (Fsp3) is 0.151. The lowest BCUT2D eigenvalue weighted by atomic mass is 9.63. The van der Waals surface area contributed by atoms with Crippen LogP contribution in [-0.2, 0) is 10.8 Å². The summed E-state index contributed by atoms with van der Waals surface area (Å²) in [7, 11) is 0. The van der Waals surface area contributed by atoms with Gasteiger partial charge in [0.25, 0.3) is 0 Å². The van der Waals surface area contributed by atoms with Crippen LogP contribution in [0.4, 0.5) is 0 Å². The molecule has 2 aromatic heterocycles. The standard InChI is InChI=1S/C53H42N4/c1-52(2)26-27-53(3,4)46-32-48-43(31-45(46)52)42-20-12-13-21-47(42)57(48)38-25-24-33-22-23-36(28-37(33)29-38)50-54-49(34-14-6-5-7-15-34)55-51(56-50)44-30-35-16-8-9-17-39(35)40-18-10-11-19-41(40)44/h5-25,28-32H,26-27H2,1-4H3. The molecule has 0 bridgehead atoms. The van der Waals surface area contributed by atoms with Crippen LogP contribution in [0, 0.1) is 0 Å². The van der Waals surface area contributed by atoms with E-state index in [1.54, 1.807) is 0 Å². The highest BCUT2D eigenvalue weighted by Gasteiger charge is 2.38. The largest absolute Gasteiger partial charge is 0.309 e. The fourth-order valence-corrected chi connectivity index (χ4v) is 9.40. The SMILES string of the molecule is CC1(C)CCC(C)(C)c2cc3c(cc21)c1ccccc1n3-c1ccc2ccc(-c3nc(-c4ccccc4)nc(-c4cc5ccccc5c5ccccc45)n3)cc2c1. The Bertz CT molecular complexity index is 3240. The summed E-state index contributed by atoms with van der Waals surface area (Å²) in [5, 5.41) is 9.59. The maximum absolute atomic E-state index is 5.26. The van der Waals surface area contributed by atoms with E-state index in [1.807, 2.05) is 18.2 Å². The van der Waals surface area contributed by atoms with Crippen LogP contribution in [0.25, 0.3) is 94.0 Å². The summed E-state index contributed by atoms with van der Waals surface area (Å²) < 4.78 is 2.47. The summed E-state index contributed by atoms with van der Waals surface area (Å²) in [6.07, 6.45) is 2.37. The van der Waals surface area contributed by atoms with Gasteiger partial charge in [-0.2, -0.15) is 0 Å². The fourth-order valence-electron chi connectivity index (χ4n) is 9.40. The highest BCUT2D eigenvalue weighted by Crippen LogP contribution is 2.48. The molecule has 0 aliphatic heterocycles. The zero-order chi connectivity index (χ0) is 38.5. The van der Waals surface area contributed by atoms with Gasteiger partial charge in [0.1, 0.15) is 0 Å². The van der Waals surface area contributed by atoms with E-state index >= 15 is 0 Å². The first-order chi connectivity index (χ1) is 27.7. The highest BCUT2D eigenvalue weighted by molar-refractivity contribution is 6.13. The molecule has 0 unspecified atom stereocenters. The van der Waals surface area contributed by atoms with Crippen molar-refractivity contribution in [2.45, 2.75) is 51.4 Å². The topological polar surface area (TPSA) is 43.6 Å². The van der Waals surface area contributed by atoms with Crippen LogP contribution in [0.3, 0.4) is 0 Å². The molecular formula is C53H42N4. The average Bonchev–Trinajstić information content (AvgIpc) is 3.58. The first kappa shape index (κ1) is 33.7. The zero-order valence-corrected chi connectivity index (χ0v) is 32.7. The van der Waals surface area contributed by atoms with Gasteiger partial charge in [-0.3, -0.25) is 0 Å². The molecule has 11 rings (SSSR count). The monoisotopic (exact) mass is 734 g/mol. The van der Waals surface area contributed by atoms with Crippen molar-refractivity contribution >= 4 is 54.1 Å². The van der Waals surface area contributed by atoms with Crippen LogP contribution in [0.15, 0.2) is 158 Å². The molecule has 10 aromatic rings. The molecule has 0 fully saturated rings. The molecule has 0 N–H and O–H groups in total. The molecular weight excluding hydrogens is 693 g/mol. The van der Waals surface area contributed by atoms with E-state index in [4.69, 9.17) is 15.0 Å². The molecule has 0 spiro atoms. The third-order valence-electron chi connectivity index (χ3n) is 12.7. The summed E-state index contributed by atoms with van der Waals surface area (Å²) >= 11 is 0. The van der Waals surface area contributed by atoms with Crippen molar-refractivity contribution in [1.82, 2.24) is 19.5 Å². The molecule has 0 saturated heterocycles. The van der Waals surface area contributed by atoms with Crippen molar-refractivity contribution in [2.24, 2.45) is 0 Å². The molecule has 8 aromatic carbocycles. The van der Waals surface area contributed by atoms with E-state index in [9.17, 15) is 0 Å². The number of fused-ring (bicyclic) bond motifs is 8. The molecule has 4 nitrogen and oxygen atoms in total. The maximum atomic E-state index is 5.26. The van der Waals surface area contributed by atoms with Crippen LogP contribution in [-0.4, -0.2) is 19.5 Å². The zero-order valence-electron chi connectivity index (χ0n) is 32.7. The predicted molar refractivity (Wildman–Crippen MR) is 238 cm³/mol. The van der Waals surface area contributed by atoms with Gasteiger partial charge < -0.3 is 4.57 Å². The Kier molecular flexibility index (Phi) is 7.34. The van der Waals surface area contributed by atoms with Crippen LogP contribution in [0.1, 0.15) is 51.7 Å². The lowest BCUT2D eigenvalue weighted by Crippen LogP contribution is -2.33. The van der Waals surface area contributed by atoms with Crippen molar-refractivity contribution in [3.63, 3.8) is 0 Å². The second-order valence-electron chi connectivity index (χ2n) is 17.1. The Labute approximate surface area is 332 Å². The number of benzene rings is 8. The van der Waals surface area contributed by atoms with Crippen LogP contribution in [0.5, 0.6) is 0 Å². The Morgan fingerprint density at radius 1 is 0.404 bits per heavy atom. The van der Waals surface area contributed by atoms with Gasteiger partial charge >= 0.3 is 0 Å². The summed E-state index contributed by atoms with van der Waals surface area (Å²) in [6.45, 7) is 9.65. The van der Waals surface area contributed by atoms with Gasteiger partial charge in [0.15, 0.2) is 17.5 Å². The molecule has 2 heterocycles. The van der Waals surface area contributed by atoms with Gasteiger partial charge in [-0.1, -0.05) is 143 Å². The van der Waals surface area contributed by atoms with Gasteiger partial charge in [-0.25, -0.2) is 15.0 Å². The molecule has 0 atom stereocenters. The molecule has 1 aliphatic rings. The van der Waals surface area contributed by atoms with Gasteiger partial charge in [0.2, 0.25) is 0 Å². The normalized spacial score (nSPS) is 14.8. The molecule has 4 heteroatoms. The van der Waals surface area contributed by atoms with E-state index in [2.05, 4.69) is 172 Å². The smallest absolute Gasteiger partial charge is 0.164 e. The summed E-state index contributed by atoms with van der Waals surface area (Å²) in [6, 6.07) is 56.9. The average molecular weight is 735 g/mol. The van der Waals surface area contributed by atoms with E-state index in [-0.39, 0.29) is 10.8 Å². The first-order valence-electron chi connectivity index (χ1n) is 20.1.